The first kappa shape index (κ1) is 17.1. The van der Waals surface area contributed by atoms with Crippen LogP contribution in [0, 0.1) is 6.92 Å². The van der Waals surface area contributed by atoms with Gasteiger partial charge in [0.05, 0.1) is 6.20 Å². The van der Waals surface area contributed by atoms with Crippen molar-refractivity contribution in [3.8, 4) is 0 Å². The fraction of sp³-hybridized carbons (Fsp3) is 0.364. The molecule has 5 rings (SSSR count). The molecule has 1 amide bonds. The Morgan fingerprint density at radius 3 is 2.61 bits per heavy atom. The highest BCUT2D eigenvalue weighted by molar-refractivity contribution is 5.94. The summed E-state index contributed by atoms with van der Waals surface area (Å²) in [4.78, 5) is 23.2. The number of aromatic nitrogens is 3. The molecule has 28 heavy (non-hydrogen) atoms. The van der Waals surface area contributed by atoms with E-state index in [1.807, 2.05) is 17.3 Å². The second kappa shape index (κ2) is 6.55. The second-order valence-electron chi connectivity index (χ2n) is 7.88. The lowest BCUT2D eigenvalue weighted by molar-refractivity contribution is 0.0662. The number of hydrogen-bond donors (Lipinski definition) is 0. The van der Waals surface area contributed by atoms with E-state index in [9.17, 15) is 4.79 Å². The SMILES string of the molecule is Cc1oncc1C(=O)N1CCC2(CC1)CC(c1cncnc1)c1ccccc12. The van der Waals surface area contributed by atoms with Crippen molar-refractivity contribution in [3.05, 3.63) is 77.2 Å². The number of carbonyl (C=O) groups excluding carboxylic acids is 1. The molecule has 1 atom stereocenters. The van der Waals surface area contributed by atoms with E-state index in [-0.39, 0.29) is 11.3 Å². The van der Waals surface area contributed by atoms with E-state index in [4.69, 9.17) is 4.52 Å². The Labute approximate surface area is 163 Å². The van der Waals surface area contributed by atoms with Gasteiger partial charge in [-0.3, -0.25) is 4.79 Å². The van der Waals surface area contributed by atoms with Crippen molar-refractivity contribution in [3.63, 3.8) is 0 Å². The summed E-state index contributed by atoms with van der Waals surface area (Å²) in [6.45, 7) is 3.27. The number of likely N-dealkylation sites (tertiary alicyclic amines) is 1. The van der Waals surface area contributed by atoms with Crippen molar-refractivity contribution in [2.24, 2.45) is 0 Å². The summed E-state index contributed by atoms with van der Waals surface area (Å²) in [5.41, 5.74) is 4.66. The number of aryl methyl sites for hydroxylation is 1. The summed E-state index contributed by atoms with van der Waals surface area (Å²) in [7, 11) is 0. The lowest BCUT2D eigenvalue weighted by Crippen LogP contribution is -2.44. The Morgan fingerprint density at radius 1 is 1.14 bits per heavy atom. The Hall–Kier alpha value is -3.02. The number of amides is 1. The number of benzene rings is 1. The number of nitrogens with zero attached hydrogens (tertiary/aromatic N) is 4. The first-order chi connectivity index (χ1) is 13.7. The summed E-state index contributed by atoms with van der Waals surface area (Å²) in [5.74, 6) is 0.925. The van der Waals surface area contributed by atoms with E-state index >= 15 is 0 Å². The fourth-order valence-corrected chi connectivity index (χ4v) is 4.97. The molecule has 1 spiro atoms. The third-order valence-corrected chi connectivity index (χ3v) is 6.47. The molecule has 2 aromatic heterocycles. The summed E-state index contributed by atoms with van der Waals surface area (Å²) >= 11 is 0. The quantitative estimate of drug-likeness (QED) is 0.687. The summed E-state index contributed by atoms with van der Waals surface area (Å²) < 4.78 is 5.07. The molecule has 3 heterocycles. The number of rotatable bonds is 2. The van der Waals surface area contributed by atoms with Gasteiger partial charge in [0.25, 0.3) is 5.91 Å². The minimum atomic E-state index is 0.0212. The predicted octanol–water partition coefficient (Wildman–Crippen LogP) is 3.48. The monoisotopic (exact) mass is 374 g/mol. The third kappa shape index (κ3) is 2.63. The van der Waals surface area contributed by atoms with Gasteiger partial charge in [-0.25, -0.2) is 9.97 Å². The number of fused-ring (bicyclic) bond motifs is 2. The second-order valence-corrected chi connectivity index (χ2v) is 7.88. The van der Waals surface area contributed by atoms with Gasteiger partial charge in [0.1, 0.15) is 17.7 Å². The normalized spacial score (nSPS) is 20.3. The standard InChI is InChI=1S/C22H22N4O2/c1-15-19(13-25-28-15)21(27)26-8-6-22(7-9-26)10-18(16-11-23-14-24-12-16)17-4-2-3-5-20(17)22/h2-5,11-14,18H,6-10H2,1H3. The van der Waals surface area contributed by atoms with Crippen LogP contribution in [-0.4, -0.2) is 39.0 Å². The molecule has 0 bridgehead atoms. The summed E-state index contributed by atoms with van der Waals surface area (Å²) in [6.07, 6.45) is 9.94. The molecular formula is C22H22N4O2. The fourth-order valence-electron chi connectivity index (χ4n) is 4.97. The first-order valence-corrected chi connectivity index (χ1v) is 9.73. The van der Waals surface area contributed by atoms with Gasteiger partial charge in [0.15, 0.2) is 0 Å². The Balaban J connectivity index is 1.41. The molecule has 1 aliphatic heterocycles. The molecule has 0 N–H and O–H groups in total. The van der Waals surface area contributed by atoms with Crippen LogP contribution in [0.25, 0.3) is 0 Å². The molecule has 1 saturated heterocycles. The van der Waals surface area contributed by atoms with Crippen molar-refractivity contribution in [1.82, 2.24) is 20.0 Å². The zero-order valence-corrected chi connectivity index (χ0v) is 15.8. The van der Waals surface area contributed by atoms with E-state index in [0.717, 1.165) is 32.4 Å². The largest absolute Gasteiger partial charge is 0.361 e. The van der Waals surface area contributed by atoms with Gasteiger partial charge in [0.2, 0.25) is 0 Å². The highest BCUT2D eigenvalue weighted by atomic mass is 16.5. The maximum absolute atomic E-state index is 12.8. The third-order valence-electron chi connectivity index (χ3n) is 6.47. The van der Waals surface area contributed by atoms with Crippen LogP contribution < -0.4 is 0 Å². The maximum atomic E-state index is 12.8. The molecule has 0 saturated carbocycles. The van der Waals surface area contributed by atoms with E-state index < -0.39 is 0 Å². The number of piperidine rings is 1. The molecule has 142 valence electrons. The molecule has 3 aromatic rings. The summed E-state index contributed by atoms with van der Waals surface area (Å²) in [6, 6.07) is 8.74. The van der Waals surface area contributed by atoms with Gasteiger partial charge in [-0.05, 0) is 48.3 Å². The van der Waals surface area contributed by atoms with Gasteiger partial charge in [-0.2, -0.15) is 0 Å². The van der Waals surface area contributed by atoms with Crippen LogP contribution in [-0.2, 0) is 5.41 Å². The molecule has 6 heteroatoms. The van der Waals surface area contributed by atoms with Crippen LogP contribution >= 0.6 is 0 Å². The van der Waals surface area contributed by atoms with Crippen LogP contribution in [0.3, 0.4) is 0 Å². The lowest BCUT2D eigenvalue weighted by atomic mass is 9.73. The summed E-state index contributed by atoms with van der Waals surface area (Å²) in [5, 5.41) is 3.75. The van der Waals surface area contributed by atoms with Crippen LogP contribution in [0.1, 0.15) is 58.0 Å². The van der Waals surface area contributed by atoms with Gasteiger partial charge in [-0.15, -0.1) is 0 Å². The molecule has 6 nitrogen and oxygen atoms in total. The van der Waals surface area contributed by atoms with E-state index in [1.54, 1.807) is 13.3 Å². The molecule has 2 aliphatic rings. The smallest absolute Gasteiger partial charge is 0.259 e. The number of hydrogen-bond acceptors (Lipinski definition) is 5. The first-order valence-electron chi connectivity index (χ1n) is 9.73. The minimum absolute atomic E-state index is 0.0212. The predicted molar refractivity (Wildman–Crippen MR) is 103 cm³/mol. The Bertz CT molecular complexity index is 1010. The van der Waals surface area contributed by atoms with Crippen molar-refractivity contribution in [2.75, 3.05) is 13.1 Å². The van der Waals surface area contributed by atoms with Crippen LogP contribution in [0.4, 0.5) is 0 Å². The van der Waals surface area contributed by atoms with Crippen LogP contribution in [0.15, 0.2) is 53.7 Å². The van der Waals surface area contributed by atoms with Crippen LogP contribution in [0.5, 0.6) is 0 Å². The van der Waals surface area contributed by atoms with E-state index in [2.05, 4.69) is 39.4 Å². The van der Waals surface area contributed by atoms with E-state index in [0.29, 0.717) is 17.2 Å². The van der Waals surface area contributed by atoms with Gasteiger partial charge < -0.3 is 9.42 Å². The van der Waals surface area contributed by atoms with Crippen LogP contribution in [0.2, 0.25) is 0 Å². The van der Waals surface area contributed by atoms with Crippen molar-refractivity contribution >= 4 is 5.91 Å². The average Bonchev–Trinajstić information content (AvgIpc) is 3.31. The highest BCUT2D eigenvalue weighted by Gasteiger charge is 2.46. The highest BCUT2D eigenvalue weighted by Crippen LogP contribution is 2.53. The Kier molecular flexibility index (Phi) is 4.00. The molecule has 0 radical (unpaired) electrons. The zero-order chi connectivity index (χ0) is 19.1. The molecule has 1 aliphatic carbocycles. The minimum Gasteiger partial charge on any atom is -0.361 e. The topological polar surface area (TPSA) is 72.1 Å². The maximum Gasteiger partial charge on any atom is 0.259 e. The Morgan fingerprint density at radius 2 is 1.89 bits per heavy atom. The van der Waals surface area contributed by atoms with Gasteiger partial charge in [0, 0.05) is 31.4 Å². The lowest BCUT2D eigenvalue weighted by Gasteiger charge is -2.40. The van der Waals surface area contributed by atoms with Crippen molar-refractivity contribution < 1.29 is 9.32 Å². The van der Waals surface area contributed by atoms with Crippen molar-refractivity contribution in [2.45, 2.75) is 37.5 Å². The van der Waals surface area contributed by atoms with E-state index in [1.165, 1.54) is 22.9 Å². The van der Waals surface area contributed by atoms with Gasteiger partial charge in [-0.1, -0.05) is 29.4 Å². The van der Waals surface area contributed by atoms with Gasteiger partial charge >= 0.3 is 0 Å². The van der Waals surface area contributed by atoms with Crippen molar-refractivity contribution in [1.29, 1.82) is 0 Å². The molecule has 1 aromatic carbocycles. The number of carbonyl (C=O) groups is 1. The molecular weight excluding hydrogens is 352 g/mol. The molecule has 1 fully saturated rings. The average molecular weight is 374 g/mol. The zero-order valence-electron chi connectivity index (χ0n) is 15.8. The molecule has 1 unspecified atom stereocenters.